The van der Waals surface area contributed by atoms with Crippen LogP contribution in [0.3, 0.4) is 0 Å². The second-order valence-corrected chi connectivity index (χ2v) is 6.70. The van der Waals surface area contributed by atoms with E-state index in [0.717, 1.165) is 10.3 Å². The number of aromatic nitrogens is 6. The number of hydrogen-bond donors (Lipinski definition) is 2. The fourth-order valence-corrected chi connectivity index (χ4v) is 3.04. The highest BCUT2D eigenvalue weighted by molar-refractivity contribution is 5.73. The monoisotopic (exact) mass is 395 g/mol. The molecule has 148 valence electrons. The largest absolute Gasteiger partial charge is 0.350 e. The summed E-state index contributed by atoms with van der Waals surface area (Å²) >= 11 is 0. The van der Waals surface area contributed by atoms with Gasteiger partial charge in [-0.1, -0.05) is 12.1 Å². The number of nitrogens with zero attached hydrogens (tertiary/aromatic N) is 5. The summed E-state index contributed by atoms with van der Waals surface area (Å²) in [5.74, 6) is -0.422. The van der Waals surface area contributed by atoms with Crippen molar-refractivity contribution in [3.8, 4) is 5.69 Å². The molecule has 0 saturated carbocycles. The summed E-state index contributed by atoms with van der Waals surface area (Å²) in [6, 6.07) is 7.40. The van der Waals surface area contributed by atoms with Crippen LogP contribution in [0.2, 0.25) is 0 Å². The minimum atomic E-state index is -0.780. The molecule has 0 aliphatic carbocycles. The van der Waals surface area contributed by atoms with Crippen LogP contribution in [0.4, 0.5) is 10.3 Å². The zero-order valence-electron chi connectivity index (χ0n) is 15.8. The average molecular weight is 395 g/mol. The standard InChI is InChI=1S/C19H18FN7O2/c1-11-7-8-26(25-11)10-12(2)22-18-21-9-13-16(23-18)24-19(29)27(17(13)28)15-6-4-3-5-14(15)20/h3-9,12H,10H2,1-2H3,(H2,21,22,23,24,29)/t12-/m0/s1. The van der Waals surface area contributed by atoms with Crippen LogP contribution in [0.5, 0.6) is 0 Å². The number of aromatic amines is 1. The Bertz CT molecular complexity index is 1310. The van der Waals surface area contributed by atoms with E-state index in [1.807, 2.05) is 26.1 Å². The molecule has 1 aromatic carbocycles. The third-order valence-corrected chi connectivity index (χ3v) is 4.35. The summed E-state index contributed by atoms with van der Waals surface area (Å²) in [4.78, 5) is 36.1. The van der Waals surface area contributed by atoms with Gasteiger partial charge in [0.2, 0.25) is 5.95 Å². The van der Waals surface area contributed by atoms with Crippen LogP contribution in [0, 0.1) is 12.7 Å². The number of nitrogens with one attached hydrogen (secondary N) is 2. The van der Waals surface area contributed by atoms with Crippen molar-refractivity contribution in [1.29, 1.82) is 0 Å². The number of hydrogen-bond acceptors (Lipinski definition) is 6. The second-order valence-electron chi connectivity index (χ2n) is 6.70. The molecule has 29 heavy (non-hydrogen) atoms. The van der Waals surface area contributed by atoms with Crippen LogP contribution >= 0.6 is 0 Å². The lowest BCUT2D eigenvalue weighted by Gasteiger charge is -2.14. The van der Waals surface area contributed by atoms with E-state index in [9.17, 15) is 14.0 Å². The lowest BCUT2D eigenvalue weighted by Crippen LogP contribution is -2.34. The van der Waals surface area contributed by atoms with Crippen molar-refractivity contribution in [3.63, 3.8) is 0 Å². The fourth-order valence-electron chi connectivity index (χ4n) is 3.04. The Morgan fingerprint density at radius 3 is 2.76 bits per heavy atom. The lowest BCUT2D eigenvalue weighted by molar-refractivity contribution is 0.555. The van der Waals surface area contributed by atoms with E-state index in [-0.39, 0.29) is 28.7 Å². The summed E-state index contributed by atoms with van der Waals surface area (Å²) in [5.41, 5.74) is -0.612. The molecule has 0 unspecified atom stereocenters. The first-order chi connectivity index (χ1) is 13.9. The third-order valence-electron chi connectivity index (χ3n) is 4.35. The zero-order valence-corrected chi connectivity index (χ0v) is 15.8. The quantitative estimate of drug-likeness (QED) is 0.531. The van der Waals surface area contributed by atoms with Crippen molar-refractivity contribution in [2.45, 2.75) is 26.4 Å². The van der Waals surface area contributed by atoms with Gasteiger partial charge < -0.3 is 5.32 Å². The van der Waals surface area contributed by atoms with E-state index >= 15 is 0 Å². The molecule has 1 atom stereocenters. The molecule has 4 aromatic rings. The number of benzene rings is 1. The van der Waals surface area contributed by atoms with Crippen molar-refractivity contribution in [3.05, 3.63) is 75.1 Å². The molecule has 4 rings (SSSR count). The Hall–Kier alpha value is -3.82. The number of anilines is 1. The molecule has 0 radical (unpaired) electrons. The minimum Gasteiger partial charge on any atom is -0.350 e. The van der Waals surface area contributed by atoms with E-state index in [2.05, 4.69) is 25.4 Å². The van der Waals surface area contributed by atoms with Gasteiger partial charge in [-0.3, -0.25) is 14.5 Å². The summed E-state index contributed by atoms with van der Waals surface area (Å²) in [6.07, 6.45) is 3.18. The van der Waals surface area contributed by atoms with Crippen molar-refractivity contribution < 1.29 is 4.39 Å². The van der Waals surface area contributed by atoms with Gasteiger partial charge in [-0.15, -0.1) is 0 Å². The van der Waals surface area contributed by atoms with Gasteiger partial charge in [0.1, 0.15) is 11.2 Å². The van der Waals surface area contributed by atoms with Crippen molar-refractivity contribution in [2.75, 3.05) is 5.32 Å². The van der Waals surface area contributed by atoms with Gasteiger partial charge in [-0.25, -0.2) is 18.7 Å². The first-order valence-electron chi connectivity index (χ1n) is 8.96. The summed E-state index contributed by atoms with van der Waals surface area (Å²) in [7, 11) is 0. The molecule has 0 amide bonds. The highest BCUT2D eigenvalue weighted by Crippen LogP contribution is 2.11. The first-order valence-corrected chi connectivity index (χ1v) is 8.96. The van der Waals surface area contributed by atoms with Crippen LogP contribution in [-0.2, 0) is 6.54 Å². The van der Waals surface area contributed by atoms with Gasteiger partial charge in [0.25, 0.3) is 5.56 Å². The van der Waals surface area contributed by atoms with Gasteiger partial charge in [0.15, 0.2) is 5.65 Å². The normalized spacial score (nSPS) is 12.2. The Morgan fingerprint density at radius 1 is 1.24 bits per heavy atom. The minimum absolute atomic E-state index is 0.0581. The van der Waals surface area contributed by atoms with E-state index in [0.29, 0.717) is 6.54 Å². The number of aryl methyl sites for hydroxylation is 1. The SMILES string of the molecule is Cc1ccn(C[C@H](C)Nc2ncc3c(=O)n(-c4ccccc4F)c(=O)[nH]c3n2)n1. The van der Waals surface area contributed by atoms with Crippen molar-refractivity contribution >= 4 is 17.0 Å². The van der Waals surface area contributed by atoms with Gasteiger partial charge >= 0.3 is 5.69 Å². The molecule has 3 heterocycles. The molecule has 0 spiro atoms. The molecular weight excluding hydrogens is 377 g/mol. The topological polar surface area (TPSA) is 110 Å². The van der Waals surface area contributed by atoms with Crippen LogP contribution in [0.15, 0.2) is 52.3 Å². The van der Waals surface area contributed by atoms with Crippen molar-refractivity contribution in [1.82, 2.24) is 29.3 Å². The average Bonchev–Trinajstić information content (AvgIpc) is 3.07. The first kappa shape index (κ1) is 18.5. The maximum absolute atomic E-state index is 14.1. The Labute approximate surface area is 163 Å². The summed E-state index contributed by atoms with van der Waals surface area (Å²) in [5, 5.41) is 7.51. The van der Waals surface area contributed by atoms with Gasteiger partial charge in [-0.2, -0.15) is 10.1 Å². The van der Waals surface area contributed by atoms with Gasteiger partial charge in [0, 0.05) is 18.4 Å². The Kier molecular flexibility index (Phi) is 4.67. The molecule has 0 aliphatic heterocycles. The van der Waals surface area contributed by atoms with E-state index in [1.165, 1.54) is 24.4 Å². The zero-order chi connectivity index (χ0) is 20.5. The smallest absolute Gasteiger partial charge is 0.334 e. The number of H-pyrrole nitrogens is 1. The van der Waals surface area contributed by atoms with E-state index in [1.54, 1.807) is 10.7 Å². The fraction of sp³-hybridized carbons (Fsp3) is 0.211. The van der Waals surface area contributed by atoms with Gasteiger partial charge in [0.05, 0.1) is 17.9 Å². The van der Waals surface area contributed by atoms with Gasteiger partial charge in [-0.05, 0) is 32.0 Å². The maximum atomic E-state index is 14.1. The third kappa shape index (κ3) is 3.64. The molecule has 0 saturated heterocycles. The molecule has 3 aromatic heterocycles. The molecule has 0 fully saturated rings. The predicted molar refractivity (Wildman–Crippen MR) is 106 cm³/mol. The highest BCUT2D eigenvalue weighted by atomic mass is 19.1. The molecule has 9 nitrogen and oxygen atoms in total. The summed E-state index contributed by atoms with van der Waals surface area (Å²) in [6.45, 7) is 4.43. The number of para-hydroxylation sites is 1. The number of fused-ring (bicyclic) bond motifs is 1. The molecule has 0 bridgehead atoms. The molecule has 10 heteroatoms. The van der Waals surface area contributed by atoms with Crippen LogP contribution < -0.4 is 16.6 Å². The number of rotatable bonds is 5. The predicted octanol–water partition coefficient (Wildman–Crippen LogP) is 1.61. The van der Waals surface area contributed by atoms with E-state index in [4.69, 9.17) is 0 Å². The van der Waals surface area contributed by atoms with Crippen LogP contribution in [0.25, 0.3) is 16.7 Å². The Balaban J connectivity index is 1.67. The second kappa shape index (κ2) is 7.30. The number of halogens is 1. The maximum Gasteiger partial charge on any atom is 0.334 e. The van der Waals surface area contributed by atoms with Crippen molar-refractivity contribution in [2.24, 2.45) is 0 Å². The van der Waals surface area contributed by atoms with Crippen LogP contribution in [0.1, 0.15) is 12.6 Å². The molecular formula is C19H18FN7O2. The Morgan fingerprint density at radius 2 is 2.03 bits per heavy atom. The lowest BCUT2D eigenvalue weighted by atomic mass is 10.3. The molecule has 0 aliphatic rings. The summed E-state index contributed by atoms with van der Waals surface area (Å²) < 4.78 is 16.6. The van der Waals surface area contributed by atoms with Crippen LogP contribution in [-0.4, -0.2) is 35.3 Å². The molecule has 2 N–H and O–H groups in total. The van der Waals surface area contributed by atoms with E-state index < -0.39 is 17.1 Å². The highest BCUT2D eigenvalue weighted by Gasteiger charge is 2.15.